The second-order valence-corrected chi connectivity index (χ2v) is 8.80. The van der Waals surface area contributed by atoms with Crippen molar-refractivity contribution in [2.45, 2.75) is 32.2 Å². The maximum Gasteiger partial charge on any atom is 0.227 e. The Kier molecular flexibility index (Phi) is 6.17. The molecule has 1 atom stereocenters. The molecule has 0 aliphatic carbocycles. The van der Waals surface area contributed by atoms with E-state index < -0.39 is 0 Å². The molecule has 5 heteroatoms. The summed E-state index contributed by atoms with van der Waals surface area (Å²) in [4.78, 5) is 19.8. The number of ether oxygens (including phenoxy) is 1. The van der Waals surface area contributed by atoms with Crippen molar-refractivity contribution in [3.63, 3.8) is 0 Å². The van der Waals surface area contributed by atoms with E-state index in [0.717, 1.165) is 45.8 Å². The summed E-state index contributed by atoms with van der Waals surface area (Å²) >= 11 is 0. The first-order valence-corrected chi connectivity index (χ1v) is 11.8. The van der Waals surface area contributed by atoms with Gasteiger partial charge in [-0.05, 0) is 54.8 Å². The standard InChI is InChI=1S/C29H29N3O2/c1-3-9-22-11-4-7-15-27(22)34-17-16-31-26-14-6-5-13-25(26)30-29(31)23-19-28(33)32(20-23)24-12-8-10-21(2)18-24/h3-8,10-15,18,23H,1,9,16-17,19-20H2,2H3/t23-/m0/s1. The normalized spacial score (nSPS) is 15.7. The van der Waals surface area contributed by atoms with Crippen molar-refractivity contribution in [3.8, 4) is 5.75 Å². The highest BCUT2D eigenvalue weighted by atomic mass is 16.5. The van der Waals surface area contributed by atoms with Gasteiger partial charge >= 0.3 is 0 Å². The Bertz CT molecular complexity index is 1340. The number of carbonyl (C=O) groups is 1. The molecule has 0 bridgehead atoms. The smallest absolute Gasteiger partial charge is 0.227 e. The third-order valence-corrected chi connectivity index (χ3v) is 6.40. The number of aromatic nitrogens is 2. The first kappa shape index (κ1) is 22.0. The van der Waals surface area contributed by atoms with Crippen LogP contribution in [-0.4, -0.2) is 28.6 Å². The van der Waals surface area contributed by atoms with E-state index in [9.17, 15) is 4.79 Å². The Balaban J connectivity index is 1.40. The van der Waals surface area contributed by atoms with Crippen molar-refractivity contribution in [1.82, 2.24) is 9.55 Å². The van der Waals surface area contributed by atoms with Crippen molar-refractivity contribution in [1.29, 1.82) is 0 Å². The zero-order valence-corrected chi connectivity index (χ0v) is 19.5. The van der Waals surface area contributed by atoms with E-state index >= 15 is 0 Å². The highest BCUT2D eigenvalue weighted by molar-refractivity contribution is 5.96. The molecule has 5 nitrogen and oxygen atoms in total. The van der Waals surface area contributed by atoms with Gasteiger partial charge in [-0.25, -0.2) is 4.98 Å². The second-order valence-electron chi connectivity index (χ2n) is 8.80. The molecule has 1 aromatic heterocycles. The van der Waals surface area contributed by atoms with Crippen LogP contribution < -0.4 is 9.64 Å². The van der Waals surface area contributed by atoms with E-state index in [-0.39, 0.29) is 11.8 Å². The van der Waals surface area contributed by atoms with Crippen LogP contribution in [0.4, 0.5) is 5.69 Å². The van der Waals surface area contributed by atoms with Crippen molar-refractivity contribution in [2.75, 3.05) is 18.1 Å². The fraction of sp³-hybridized carbons (Fsp3) is 0.241. The highest BCUT2D eigenvalue weighted by Crippen LogP contribution is 2.33. The molecular formula is C29H29N3O2. The number of rotatable bonds is 8. The van der Waals surface area contributed by atoms with Gasteiger partial charge < -0.3 is 14.2 Å². The van der Waals surface area contributed by atoms with Crippen LogP contribution in [0.1, 0.15) is 29.3 Å². The van der Waals surface area contributed by atoms with Crippen LogP contribution in [0, 0.1) is 6.92 Å². The molecule has 1 fully saturated rings. The molecule has 0 radical (unpaired) electrons. The maximum absolute atomic E-state index is 13.0. The molecule has 0 saturated carbocycles. The molecule has 34 heavy (non-hydrogen) atoms. The summed E-state index contributed by atoms with van der Waals surface area (Å²) in [6.07, 6.45) is 3.12. The van der Waals surface area contributed by atoms with E-state index in [1.807, 2.05) is 72.5 Å². The largest absolute Gasteiger partial charge is 0.491 e. The number of hydrogen-bond donors (Lipinski definition) is 0. The molecule has 4 aromatic rings. The van der Waals surface area contributed by atoms with Crippen molar-refractivity contribution in [2.24, 2.45) is 0 Å². The minimum absolute atomic E-state index is 0.0356. The number of para-hydroxylation sites is 3. The molecule has 0 N–H and O–H groups in total. The Morgan fingerprint density at radius 1 is 1.09 bits per heavy atom. The molecule has 3 aromatic carbocycles. The molecule has 1 saturated heterocycles. The lowest BCUT2D eigenvalue weighted by molar-refractivity contribution is -0.117. The number of aryl methyl sites for hydroxylation is 1. The van der Waals surface area contributed by atoms with Gasteiger partial charge in [-0.15, -0.1) is 6.58 Å². The average Bonchev–Trinajstić information content (AvgIpc) is 3.41. The van der Waals surface area contributed by atoms with Crippen molar-refractivity contribution in [3.05, 3.63) is 102 Å². The summed E-state index contributed by atoms with van der Waals surface area (Å²) in [7, 11) is 0. The summed E-state index contributed by atoms with van der Waals surface area (Å²) in [6.45, 7) is 7.71. The first-order valence-electron chi connectivity index (χ1n) is 11.8. The van der Waals surface area contributed by atoms with E-state index in [4.69, 9.17) is 9.72 Å². The molecule has 0 unspecified atom stereocenters. The quantitative estimate of drug-likeness (QED) is 0.324. The molecule has 1 aliphatic rings. The topological polar surface area (TPSA) is 47.4 Å². The molecule has 2 heterocycles. The van der Waals surface area contributed by atoms with Crippen molar-refractivity contribution >= 4 is 22.6 Å². The number of fused-ring (bicyclic) bond motifs is 1. The molecule has 5 rings (SSSR count). The van der Waals surface area contributed by atoms with E-state index in [1.165, 1.54) is 0 Å². The Hall–Kier alpha value is -3.86. The van der Waals surface area contributed by atoms with Gasteiger partial charge in [-0.2, -0.15) is 0 Å². The lowest BCUT2D eigenvalue weighted by atomic mass is 10.1. The lowest BCUT2D eigenvalue weighted by Gasteiger charge is -2.18. The van der Waals surface area contributed by atoms with Gasteiger partial charge in [0.15, 0.2) is 0 Å². The number of anilines is 1. The predicted octanol–water partition coefficient (Wildman–Crippen LogP) is 5.67. The molecule has 172 valence electrons. The monoisotopic (exact) mass is 451 g/mol. The van der Waals surface area contributed by atoms with Crippen LogP contribution in [0.15, 0.2) is 85.5 Å². The number of amides is 1. The predicted molar refractivity (Wildman–Crippen MR) is 136 cm³/mol. The number of imidazole rings is 1. The van der Waals surface area contributed by atoms with Gasteiger partial charge in [-0.3, -0.25) is 4.79 Å². The fourth-order valence-electron chi connectivity index (χ4n) is 4.78. The van der Waals surface area contributed by atoms with E-state index in [0.29, 0.717) is 26.1 Å². The van der Waals surface area contributed by atoms with Crippen LogP contribution in [0.2, 0.25) is 0 Å². The van der Waals surface area contributed by atoms with Gasteiger partial charge in [0.25, 0.3) is 0 Å². The molecule has 1 amide bonds. The van der Waals surface area contributed by atoms with Gasteiger partial charge in [-0.1, -0.05) is 48.5 Å². The Morgan fingerprint density at radius 2 is 1.91 bits per heavy atom. The Labute approximate surface area is 200 Å². The Morgan fingerprint density at radius 3 is 2.76 bits per heavy atom. The highest BCUT2D eigenvalue weighted by Gasteiger charge is 2.34. The van der Waals surface area contributed by atoms with Crippen LogP contribution in [0.3, 0.4) is 0 Å². The van der Waals surface area contributed by atoms with Gasteiger partial charge in [0.2, 0.25) is 5.91 Å². The van der Waals surface area contributed by atoms with Gasteiger partial charge in [0, 0.05) is 24.6 Å². The zero-order valence-electron chi connectivity index (χ0n) is 19.5. The minimum Gasteiger partial charge on any atom is -0.491 e. The number of nitrogens with zero attached hydrogens (tertiary/aromatic N) is 3. The van der Waals surface area contributed by atoms with Crippen LogP contribution in [-0.2, 0) is 17.8 Å². The SMILES string of the molecule is C=CCc1ccccc1OCCn1c([C@H]2CC(=O)N(c3cccc(C)c3)C2)nc2ccccc21. The lowest BCUT2D eigenvalue weighted by Crippen LogP contribution is -2.24. The number of carbonyl (C=O) groups excluding carboxylic acids is 1. The third-order valence-electron chi connectivity index (χ3n) is 6.40. The third kappa shape index (κ3) is 4.34. The van der Waals surface area contributed by atoms with E-state index in [2.05, 4.69) is 29.3 Å². The first-order chi connectivity index (χ1) is 16.6. The number of allylic oxidation sites excluding steroid dienone is 1. The molecule has 1 aliphatic heterocycles. The van der Waals surface area contributed by atoms with Gasteiger partial charge in [0.1, 0.15) is 18.2 Å². The summed E-state index contributed by atoms with van der Waals surface area (Å²) in [6, 6.07) is 24.4. The summed E-state index contributed by atoms with van der Waals surface area (Å²) in [5, 5.41) is 0. The minimum atomic E-state index is 0.0356. The van der Waals surface area contributed by atoms with Crippen LogP contribution in [0.5, 0.6) is 5.75 Å². The van der Waals surface area contributed by atoms with Crippen LogP contribution in [0.25, 0.3) is 11.0 Å². The summed E-state index contributed by atoms with van der Waals surface area (Å²) in [5.74, 6) is 2.01. The van der Waals surface area contributed by atoms with E-state index in [1.54, 1.807) is 0 Å². The number of benzene rings is 3. The average molecular weight is 452 g/mol. The molecule has 0 spiro atoms. The molecular weight excluding hydrogens is 422 g/mol. The zero-order chi connectivity index (χ0) is 23.5. The van der Waals surface area contributed by atoms with Gasteiger partial charge in [0.05, 0.1) is 17.6 Å². The summed E-state index contributed by atoms with van der Waals surface area (Å²) < 4.78 is 8.41. The van der Waals surface area contributed by atoms with Crippen LogP contribution >= 0.6 is 0 Å². The maximum atomic E-state index is 13.0. The number of hydrogen-bond acceptors (Lipinski definition) is 3. The van der Waals surface area contributed by atoms with Crippen molar-refractivity contribution < 1.29 is 9.53 Å². The fourth-order valence-corrected chi connectivity index (χ4v) is 4.78. The summed E-state index contributed by atoms with van der Waals surface area (Å²) in [5.41, 5.74) is 5.25. The second kappa shape index (κ2) is 9.56.